The first-order valence-electron chi connectivity index (χ1n) is 9.00. The summed E-state index contributed by atoms with van der Waals surface area (Å²) in [5.74, 6) is 0.0176. The Kier molecular flexibility index (Phi) is 5.58. The molecule has 0 fully saturated rings. The number of nitrogens with zero attached hydrogens (tertiary/aromatic N) is 4. The van der Waals surface area contributed by atoms with Crippen molar-refractivity contribution in [3.63, 3.8) is 0 Å². The van der Waals surface area contributed by atoms with Gasteiger partial charge in [0.1, 0.15) is 0 Å². The first-order valence-corrected chi connectivity index (χ1v) is 9.00. The second kappa shape index (κ2) is 8.08. The summed E-state index contributed by atoms with van der Waals surface area (Å²) in [7, 11) is 3.41. The third-order valence-electron chi connectivity index (χ3n) is 4.66. The normalized spacial score (nSPS) is 10.9. The molecule has 0 radical (unpaired) electrons. The molecule has 0 bridgehead atoms. The predicted molar refractivity (Wildman–Crippen MR) is 106 cm³/mol. The molecule has 8 heteroatoms. The van der Waals surface area contributed by atoms with Crippen LogP contribution in [0.4, 0.5) is 5.69 Å². The van der Waals surface area contributed by atoms with E-state index in [0.717, 1.165) is 5.56 Å². The summed E-state index contributed by atoms with van der Waals surface area (Å²) < 4.78 is 3.40. The summed E-state index contributed by atoms with van der Waals surface area (Å²) in [6.45, 7) is 0.812. The van der Waals surface area contributed by atoms with Gasteiger partial charge in [0, 0.05) is 39.2 Å². The van der Waals surface area contributed by atoms with Crippen LogP contribution in [0.1, 0.15) is 18.4 Å². The number of rotatable bonds is 7. The Labute approximate surface area is 161 Å². The van der Waals surface area contributed by atoms with Gasteiger partial charge in [-0.2, -0.15) is 0 Å². The molecule has 0 atom stereocenters. The maximum Gasteiger partial charge on any atom is 0.275 e. The Hall–Kier alpha value is -3.42. The minimum absolute atomic E-state index is 0.0176. The minimum Gasteiger partial charge on any atom is -0.349 e. The van der Waals surface area contributed by atoms with Crippen molar-refractivity contribution in [3.05, 3.63) is 74.6 Å². The lowest BCUT2D eigenvalue weighted by Crippen LogP contribution is -2.25. The fourth-order valence-corrected chi connectivity index (χ4v) is 3.17. The van der Waals surface area contributed by atoms with Crippen LogP contribution in [-0.4, -0.2) is 39.2 Å². The second-order valence-electron chi connectivity index (χ2n) is 6.82. The number of aromatic nitrogens is 2. The molecule has 0 saturated carbocycles. The smallest absolute Gasteiger partial charge is 0.275 e. The van der Waals surface area contributed by atoms with Gasteiger partial charge in [-0.3, -0.25) is 24.4 Å². The van der Waals surface area contributed by atoms with Crippen molar-refractivity contribution in [1.29, 1.82) is 0 Å². The van der Waals surface area contributed by atoms with Crippen LogP contribution in [0.2, 0.25) is 0 Å². The van der Waals surface area contributed by atoms with E-state index in [-0.39, 0.29) is 17.2 Å². The zero-order valence-electron chi connectivity index (χ0n) is 15.9. The molecule has 0 unspecified atom stereocenters. The van der Waals surface area contributed by atoms with Crippen LogP contribution in [0.15, 0.2) is 53.3 Å². The van der Waals surface area contributed by atoms with Crippen LogP contribution >= 0.6 is 0 Å². The number of hydrogen-bond acceptors (Lipinski definition) is 4. The molecule has 0 N–H and O–H groups in total. The van der Waals surface area contributed by atoms with Crippen molar-refractivity contribution < 1.29 is 9.72 Å². The van der Waals surface area contributed by atoms with Crippen LogP contribution in [0.3, 0.4) is 0 Å². The Bertz CT molecular complexity index is 1070. The van der Waals surface area contributed by atoms with Gasteiger partial charge < -0.3 is 4.90 Å². The number of amides is 1. The average Bonchev–Trinajstić information content (AvgIpc) is 2.94. The molecule has 2 aromatic carbocycles. The van der Waals surface area contributed by atoms with Crippen molar-refractivity contribution in [2.24, 2.45) is 0 Å². The molecular formula is C20H22N4O4. The van der Waals surface area contributed by atoms with E-state index >= 15 is 0 Å². The molecule has 28 heavy (non-hydrogen) atoms. The highest BCUT2D eigenvalue weighted by atomic mass is 16.6. The third kappa shape index (κ3) is 3.95. The van der Waals surface area contributed by atoms with Crippen molar-refractivity contribution in [1.82, 2.24) is 14.3 Å². The van der Waals surface area contributed by atoms with E-state index in [1.165, 1.54) is 17.0 Å². The maximum absolute atomic E-state index is 13.0. The van der Waals surface area contributed by atoms with Gasteiger partial charge in [0.05, 0.1) is 22.4 Å². The number of nitro groups is 1. The SMILES string of the molecule is CN(C)C(=O)CCCn1c2ccc([N+](=O)[O-])cc2c(=O)n1Cc1ccccc1. The van der Waals surface area contributed by atoms with Gasteiger partial charge in [0.2, 0.25) is 5.91 Å². The van der Waals surface area contributed by atoms with Crippen LogP contribution in [0, 0.1) is 10.1 Å². The fourth-order valence-electron chi connectivity index (χ4n) is 3.17. The zero-order chi connectivity index (χ0) is 20.3. The van der Waals surface area contributed by atoms with E-state index in [1.54, 1.807) is 24.8 Å². The van der Waals surface area contributed by atoms with E-state index in [2.05, 4.69) is 0 Å². The first kappa shape index (κ1) is 19.3. The van der Waals surface area contributed by atoms with E-state index in [0.29, 0.717) is 36.8 Å². The van der Waals surface area contributed by atoms with Crippen LogP contribution in [0.5, 0.6) is 0 Å². The number of non-ortho nitro benzene ring substituents is 1. The quantitative estimate of drug-likeness (QED) is 0.464. The van der Waals surface area contributed by atoms with Gasteiger partial charge in [0.15, 0.2) is 0 Å². The van der Waals surface area contributed by atoms with Crippen LogP contribution < -0.4 is 5.56 Å². The summed E-state index contributed by atoms with van der Waals surface area (Å²) in [5, 5.41) is 11.4. The number of fused-ring (bicyclic) bond motifs is 1. The number of benzene rings is 2. The molecule has 0 saturated heterocycles. The summed E-state index contributed by atoms with van der Waals surface area (Å²) in [6.07, 6.45) is 0.922. The number of nitro benzene ring substituents is 1. The molecule has 1 aromatic heterocycles. The lowest BCUT2D eigenvalue weighted by atomic mass is 10.2. The first-order chi connectivity index (χ1) is 13.4. The number of aryl methyl sites for hydroxylation is 1. The van der Waals surface area contributed by atoms with Crippen molar-refractivity contribution in [2.45, 2.75) is 25.9 Å². The molecule has 8 nitrogen and oxygen atoms in total. The van der Waals surface area contributed by atoms with Crippen molar-refractivity contribution >= 4 is 22.5 Å². The van der Waals surface area contributed by atoms with Crippen LogP contribution in [-0.2, 0) is 17.9 Å². The summed E-state index contributed by atoms with van der Waals surface area (Å²) in [4.78, 5) is 37.0. The maximum atomic E-state index is 13.0. The number of hydrogen-bond donors (Lipinski definition) is 0. The van der Waals surface area contributed by atoms with E-state index in [1.807, 2.05) is 35.0 Å². The number of carbonyl (C=O) groups is 1. The Morgan fingerprint density at radius 2 is 1.82 bits per heavy atom. The summed E-state index contributed by atoms with van der Waals surface area (Å²) >= 11 is 0. The van der Waals surface area contributed by atoms with Gasteiger partial charge in [-0.25, -0.2) is 4.68 Å². The standard InChI is InChI=1S/C20H22N4O4/c1-21(2)19(25)9-6-12-22-18-11-10-16(24(27)28)13-17(18)20(26)23(22)14-15-7-4-3-5-8-15/h3-5,7-8,10-11,13H,6,9,12,14H2,1-2H3. The lowest BCUT2D eigenvalue weighted by molar-refractivity contribution is -0.384. The number of carbonyl (C=O) groups excluding carboxylic acids is 1. The lowest BCUT2D eigenvalue weighted by Gasteiger charge is -2.14. The third-order valence-corrected chi connectivity index (χ3v) is 4.66. The van der Waals surface area contributed by atoms with Gasteiger partial charge in [-0.1, -0.05) is 30.3 Å². The molecule has 0 spiro atoms. The molecule has 0 aliphatic carbocycles. The molecule has 1 heterocycles. The Morgan fingerprint density at radius 3 is 2.46 bits per heavy atom. The minimum atomic E-state index is -0.506. The average molecular weight is 382 g/mol. The molecule has 3 aromatic rings. The molecule has 1 amide bonds. The molecule has 3 rings (SSSR count). The van der Waals surface area contributed by atoms with Gasteiger partial charge >= 0.3 is 0 Å². The predicted octanol–water partition coefficient (Wildman–Crippen LogP) is 2.63. The largest absolute Gasteiger partial charge is 0.349 e. The molecule has 0 aliphatic heterocycles. The Morgan fingerprint density at radius 1 is 1.11 bits per heavy atom. The monoisotopic (exact) mass is 382 g/mol. The van der Waals surface area contributed by atoms with Crippen molar-refractivity contribution in [2.75, 3.05) is 14.1 Å². The van der Waals surface area contributed by atoms with Crippen LogP contribution in [0.25, 0.3) is 10.9 Å². The van der Waals surface area contributed by atoms with Crippen molar-refractivity contribution in [3.8, 4) is 0 Å². The highest BCUT2D eigenvalue weighted by Crippen LogP contribution is 2.20. The van der Waals surface area contributed by atoms with Gasteiger partial charge in [0.25, 0.3) is 11.2 Å². The van der Waals surface area contributed by atoms with E-state index < -0.39 is 4.92 Å². The highest BCUT2D eigenvalue weighted by molar-refractivity contribution is 5.81. The summed E-state index contributed by atoms with van der Waals surface area (Å²) in [6, 6.07) is 13.9. The van der Waals surface area contributed by atoms with E-state index in [4.69, 9.17) is 0 Å². The molecule has 146 valence electrons. The van der Waals surface area contributed by atoms with Gasteiger partial charge in [-0.05, 0) is 18.1 Å². The molecule has 0 aliphatic rings. The zero-order valence-corrected chi connectivity index (χ0v) is 15.9. The summed E-state index contributed by atoms with van der Waals surface area (Å²) in [5.41, 5.74) is 1.19. The topological polar surface area (TPSA) is 90.4 Å². The molecular weight excluding hydrogens is 360 g/mol. The Balaban J connectivity index is 2.02. The second-order valence-corrected chi connectivity index (χ2v) is 6.82. The van der Waals surface area contributed by atoms with E-state index in [9.17, 15) is 19.7 Å². The fraction of sp³-hybridized carbons (Fsp3) is 0.300. The highest BCUT2D eigenvalue weighted by Gasteiger charge is 2.17. The van der Waals surface area contributed by atoms with Gasteiger partial charge in [-0.15, -0.1) is 0 Å².